The first-order chi connectivity index (χ1) is 9.68. The number of fused-ring (bicyclic) bond motifs is 1. The maximum Gasteiger partial charge on any atom is 0.322 e. The summed E-state index contributed by atoms with van der Waals surface area (Å²) in [6.45, 7) is 2.17. The Morgan fingerprint density at radius 3 is 2.75 bits per heavy atom. The molecule has 0 bridgehead atoms. The van der Waals surface area contributed by atoms with E-state index in [1.807, 2.05) is 42.5 Å². The van der Waals surface area contributed by atoms with Crippen molar-refractivity contribution in [1.82, 2.24) is 10.2 Å². The fourth-order valence-electron chi connectivity index (χ4n) is 2.76. The Hall–Kier alpha value is -2.36. The number of hydrogen-bond donors (Lipinski definition) is 1. The van der Waals surface area contributed by atoms with Gasteiger partial charge in [-0.2, -0.15) is 0 Å². The second-order valence-corrected chi connectivity index (χ2v) is 4.99. The van der Waals surface area contributed by atoms with E-state index in [-0.39, 0.29) is 17.9 Å². The SMILES string of the molecule is CC(=O)C1=C2C=CCCN2C(=O)N[C@H]1c1ccccc1. The van der Waals surface area contributed by atoms with Crippen LogP contribution >= 0.6 is 0 Å². The molecule has 3 rings (SSSR count). The number of carbonyl (C=O) groups is 2. The Balaban J connectivity index is 2.15. The maximum atomic E-state index is 12.2. The van der Waals surface area contributed by atoms with Crippen LogP contribution in [0.2, 0.25) is 0 Å². The van der Waals surface area contributed by atoms with Gasteiger partial charge >= 0.3 is 6.03 Å². The number of urea groups is 1. The van der Waals surface area contributed by atoms with Crippen LogP contribution < -0.4 is 5.32 Å². The summed E-state index contributed by atoms with van der Waals surface area (Å²) in [4.78, 5) is 25.9. The van der Waals surface area contributed by atoms with E-state index in [1.165, 1.54) is 0 Å². The van der Waals surface area contributed by atoms with Gasteiger partial charge in [-0.1, -0.05) is 36.4 Å². The molecule has 2 aliphatic rings. The number of nitrogens with one attached hydrogen (secondary N) is 1. The lowest BCUT2D eigenvalue weighted by molar-refractivity contribution is -0.114. The Labute approximate surface area is 117 Å². The fraction of sp³-hybridized carbons (Fsp3) is 0.250. The Morgan fingerprint density at radius 2 is 2.05 bits per heavy atom. The van der Waals surface area contributed by atoms with Crippen LogP contribution in [0.4, 0.5) is 4.79 Å². The van der Waals surface area contributed by atoms with Gasteiger partial charge in [0.1, 0.15) is 0 Å². The van der Waals surface area contributed by atoms with Gasteiger partial charge in [0.15, 0.2) is 5.78 Å². The molecular weight excluding hydrogens is 252 g/mol. The smallest absolute Gasteiger partial charge is 0.322 e. The molecular formula is C16H16N2O2. The number of amides is 2. The summed E-state index contributed by atoms with van der Waals surface area (Å²) in [5.74, 6) is -0.00889. The quantitative estimate of drug-likeness (QED) is 0.896. The fourth-order valence-corrected chi connectivity index (χ4v) is 2.76. The minimum absolute atomic E-state index is 0.00889. The van der Waals surface area contributed by atoms with E-state index in [4.69, 9.17) is 0 Å². The molecule has 0 unspecified atom stereocenters. The van der Waals surface area contributed by atoms with Crippen LogP contribution in [0.3, 0.4) is 0 Å². The number of ketones is 1. The van der Waals surface area contributed by atoms with Gasteiger partial charge in [0.25, 0.3) is 0 Å². The summed E-state index contributed by atoms with van der Waals surface area (Å²) >= 11 is 0. The molecule has 0 aliphatic carbocycles. The third-order valence-corrected chi connectivity index (χ3v) is 3.68. The van der Waals surface area contributed by atoms with Crippen LogP contribution in [-0.2, 0) is 4.79 Å². The predicted molar refractivity (Wildman–Crippen MR) is 75.9 cm³/mol. The molecule has 1 aromatic rings. The Kier molecular flexibility index (Phi) is 3.14. The lowest BCUT2D eigenvalue weighted by atomic mass is 9.91. The molecule has 0 aromatic heterocycles. The number of hydrogen-bond acceptors (Lipinski definition) is 2. The summed E-state index contributed by atoms with van der Waals surface area (Å²) in [6.07, 6.45) is 4.71. The van der Waals surface area contributed by atoms with Crippen molar-refractivity contribution < 1.29 is 9.59 Å². The van der Waals surface area contributed by atoms with Gasteiger partial charge in [-0.05, 0) is 25.0 Å². The molecule has 0 spiro atoms. The molecule has 20 heavy (non-hydrogen) atoms. The molecule has 102 valence electrons. The highest BCUT2D eigenvalue weighted by Gasteiger charge is 2.35. The minimum Gasteiger partial charge on any atom is -0.327 e. The van der Waals surface area contributed by atoms with Gasteiger partial charge in [-0.25, -0.2) is 4.79 Å². The zero-order chi connectivity index (χ0) is 14.1. The second-order valence-electron chi connectivity index (χ2n) is 4.99. The van der Waals surface area contributed by atoms with Crippen LogP contribution in [0.15, 0.2) is 53.8 Å². The van der Waals surface area contributed by atoms with Gasteiger partial charge < -0.3 is 5.32 Å². The first-order valence-corrected chi connectivity index (χ1v) is 6.73. The van der Waals surface area contributed by atoms with E-state index in [1.54, 1.807) is 11.8 Å². The zero-order valence-corrected chi connectivity index (χ0v) is 11.3. The van der Waals surface area contributed by atoms with Crippen molar-refractivity contribution in [3.8, 4) is 0 Å². The van der Waals surface area contributed by atoms with Crippen molar-refractivity contribution in [3.05, 3.63) is 59.3 Å². The third kappa shape index (κ3) is 2.03. The molecule has 2 aliphatic heterocycles. The van der Waals surface area contributed by atoms with E-state index in [0.717, 1.165) is 17.7 Å². The van der Waals surface area contributed by atoms with E-state index in [0.29, 0.717) is 12.1 Å². The van der Waals surface area contributed by atoms with Crippen LogP contribution in [0.1, 0.15) is 24.9 Å². The second kappa shape index (κ2) is 4.96. The first-order valence-electron chi connectivity index (χ1n) is 6.73. The highest BCUT2D eigenvalue weighted by Crippen LogP contribution is 2.33. The number of carbonyl (C=O) groups excluding carboxylic acids is 2. The molecule has 0 saturated carbocycles. The van der Waals surface area contributed by atoms with E-state index >= 15 is 0 Å². The Bertz CT molecular complexity index is 617. The molecule has 4 heteroatoms. The predicted octanol–water partition coefficient (Wildman–Crippen LogP) is 2.56. The third-order valence-electron chi connectivity index (χ3n) is 3.68. The van der Waals surface area contributed by atoms with Crippen molar-refractivity contribution >= 4 is 11.8 Å². The van der Waals surface area contributed by atoms with Crippen LogP contribution in [-0.4, -0.2) is 23.3 Å². The van der Waals surface area contributed by atoms with Gasteiger partial charge in [0.2, 0.25) is 0 Å². The highest BCUT2D eigenvalue weighted by molar-refractivity contribution is 5.99. The topological polar surface area (TPSA) is 49.4 Å². The summed E-state index contributed by atoms with van der Waals surface area (Å²) < 4.78 is 0. The average molecular weight is 268 g/mol. The van der Waals surface area contributed by atoms with E-state index in [9.17, 15) is 9.59 Å². The first kappa shape index (κ1) is 12.7. The van der Waals surface area contributed by atoms with Gasteiger partial charge in [-0.3, -0.25) is 9.69 Å². The number of benzene rings is 1. The van der Waals surface area contributed by atoms with Gasteiger partial charge in [0.05, 0.1) is 11.7 Å². The molecule has 0 saturated heterocycles. The molecule has 0 radical (unpaired) electrons. The number of Topliss-reactive ketones (excluding diaryl/α,β-unsaturated/α-hetero) is 1. The summed E-state index contributed by atoms with van der Waals surface area (Å²) in [5.41, 5.74) is 2.32. The summed E-state index contributed by atoms with van der Waals surface area (Å²) in [6, 6.07) is 9.09. The average Bonchev–Trinajstić information content (AvgIpc) is 2.47. The van der Waals surface area contributed by atoms with Gasteiger partial charge in [-0.15, -0.1) is 0 Å². The zero-order valence-electron chi connectivity index (χ0n) is 11.3. The summed E-state index contributed by atoms with van der Waals surface area (Å²) in [7, 11) is 0. The highest BCUT2D eigenvalue weighted by atomic mass is 16.2. The van der Waals surface area contributed by atoms with Crippen molar-refractivity contribution in [2.45, 2.75) is 19.4 Å². The Morgan fingerprint density at radius 1 is 1.30 bits per heavy atom. The summed E-state index contributed by atoms with van der Waals surface area (Å²) in [5, 5.41) is 2.94. The number of nitrogens with zero attached hydrogens (tertiary/aromatic N) is 1. The lowest BCUT2D eigenvalue weighted by Crippen LogP contribution is -2.48. The molecule has 0 fully saturated rings. The van der Waals surface area contributed by atoms with Crippen molar-refractivity contribution in [2.75, 3.05) is 6.54 Å². The number of allylic oxidation sites excluding steroid dienone is 1. The number of rotatable bonds is 2. The monoisotopic (exact) mass is 268 g/mol. The van der Waals surface area contributed by atoms with E-state index < -0.39 is 0 Å². The minimum atomic E-state index is -0.366. The van der Waals surface area contributed by atoms with Gasteiger partial charge in [0, 0.05) is 12.1 Å². The molecule has 2 amide bonds. The molecule has 2 heterocycles. The van der Waals surface area contributed by atoms with Crippen molar-refractivity contribution in [3.63, 3.8) is 0 Å². The largest absolute Gasteiger partial charge is 0.327 e. The maximum absolute atomic E-state index is 12.2. The van der Waals surface area contributed by atoms with Crippen LogP contribution in [0, 0.1) is 0 Å². The van der Waals surface area contributed by atoms with Crippen LogP contribution in [0.25, 0.3) is 0 Å². The normalized spacial score (nSPS) is 21.6. The van der Waals surface area contributed by atoms with Crippen LogP contribution in [0.5, 0.6) is 0 Å². The van der Waals surface area contributed by atoms with E-state index in [2.05, 4.69) is 5.32 Å². The molecule has 1 aromatic carbocycles. The van der Waals surface area contributed by atoms with Crippen molar-refractivity contribution in [1.29, 1.82) is 0 Å². The molecule has 1 N–H and O–H groups in total. The lowest BCUT2D eigenvalue weighted by Gasteiger charge is -2.37. The molecule has 1 atom stereocenters. The standard InChI is InChI=1S/C16H16N2O2/c1-11(19)14-13-9-5-6-10-18(13)16(20)17-15(14)12-7-3-2-4-8-12/h2-5,7-9,15H,6,10H2,1H3,(H,17,20)/t15-/m0/s1. The molecule has 4 nitrogen and oxygen atoms in total. The van der Waals surface area contributed by atoms with Crippen molar-refractivity contribution in [2.24, 2.45) is 0 Å².